The van der Waals surface area contributed by atoms with Crippen molar-refractivity contribution in [1.29, 1.82) is 0 Å². The Balaban J connectivity index is 2.02. The van der Waals surface area contributed by atoms with Crippen molar-refractivity contribution in [3.63, 3.8) is 0 Å². The van der Waals surface area contributed by atoms with Gasteiger partial charge in [0.2, 0.25) is 11.8 Å². The number of ether oxygens (including phenoxy) is 1. The second-order valence-corrected chi connectivity index (χ2v) is 6.46. The van der Waals surface area contributed by atoms with E-state index in [0.29, 0.717) is 16.5 Å². The number of halogens is 4. The molecule has 0 fully saturated rings. The van der Waals surface area contributed by atoms with E-state index in [-0.39, 0.29) is 18.1 Å². The standard InChI is InChI=1S/C19H15ClF3N3O2/c1-10-3-17(28-2)14(20)7-16(10)24-19-25-18(27)15(23)9-26(19)8-11-4-12(21)6-13(22)5-11/h3-7,9H,8H2,1-2H3,(H,24,25,27). The quantitative estimate of drug-likeness (QED) is 0.677. The molecule has 3 aromatic rings. The van der Waals surface area contributed by atoms with Gasteiger partial charge >= 0.3 is 5.56 Å². The van der Waals surface area contributed by atoms with Gasteiger partial charge in [0, 0.05) is 18.0 Å². The first-order chi connectivity index (χ1) is 13.3. The number of rotatable bonds is 5. The van der Waals surface area contributed by atoms with E-state index in [1.165, 1.54) is 11.7 Å². The highest BCUT2D eigenvalue weighted by atomic mass is 35.5. The van der Waals surface area contributed by atoms with Crippen LogP contribution in [0.3, 0.4) is 0 Å². The summed E-state index contributed by atoms with van der Waals surface area (Å²) >= 11 is 6.13. The molecular formula is C19H15ClF3N3O2. The molecule has 28 heavy (non-hydrogen) atoms. The molecule has 0 aliphatic rings. The van der Waals surface area contributed by atoms with Gasteiger partial charge < -0.3 is 14.6 Å². The molecule has 0 saturated heterocycles. The van der Waals surface area contributed by atoms with Crippen molar-refractivity contribution >= 4 is 23.2 Å². The number of methoxy groups -OCH3 is 1. The maximum atomic E-state index is 13.8. The van der Waals surface area contributed by atoms with Crippen molar-refractivity contribution in [1.82, 2.24) is 9.55 Å². The minimum Gasteiger partial charge on any atom is -0.495 e. The number of hydrogen-bond acceptors (Lipinski definition) is 4. The van der Waals surface area contributed by atoms with Crippen LogP contribution in [0, 0.1) is 24.4 Å². The van der Waals surface area contributed by atoms with E-state index in [2.05, 4.69) is 10.3 Å². The normalized spacial score (nSPS) is 10.8. The van der Waals surface area contributed by atoms with Gasteiger partial charge in [0.05, 0.1) is 18.7 Å². The van der Waals surface area contributed by atoms with Gasteiger partial charge in [0.25, 0.3) is 0 Å². The van der Waals surface area contributed by atoms with Crippen LogP contribution in [0.15, 0.2) is 41.3 Å². The van der Waals surface area contributed by atoms with Gasteiger partial charge in [-0.1, -0.05) is 11.6 Å². The summed E-state index contributed by atoms with van der Waals surface area (Å²) < 4.78 is 47.1. The Labute approximate surface area is 163 Å². The molecule has 1 heterocycles. The Morgan fingerprint density at radius 1 is 1.14 bits per heavy atom. The fourth-order valence-corrected chi connectivity index (χ4v) is 2.89. The maximum absolute atomic E-state index is 13.8. The highest BCUT2D eigenvalue weighted by Gasteiger charge is 2.13. The Morgan fingerprint density at radius 2 is 1.82 bits per heavy atom. The molecule has 3 rings (SSSR count). The lowest BCUT2D eigenvalue weighted by atomic mass is 10.2. The molecule has 0 unspecified atom stereocenters. The molecule has 5 nitrogen and oxygen atoms in total. The molecule has 0 bridgehead atoms. The van der Waals surface area contributed by atoms with Gasteiger partial charge in [-0.2, -0.15) is 9.37 Å². The molecule has 0 saturated carbocycles. The summed E-state index contributed by atoms with van der Waals surface area (Å²) in [6.45, 7) is 1.65. The summed E-state index contributed by atoms with van der Waals surface area (Å²) in [7, 11) is 1.48. The summed E-state index contributed by atoms with van der Waals surface area (Å²) in [6, 6.07) is 6.20. The van der Waals surface area contributed by atoms with Crippen molar-refractivity contribution in [3.8, 4) is 5.75 Å². The lowest BCUT2D eigenvalue weighted by Gasteiger charge is -2.16. The van der Waals surface area contributed by atoms with Crippen LogP contribution in [-0.4, -0.2) is 16.7 Å². The third-order valence-electron chi connectivity index (χ3n) is 3.97. The van der Waals surface area contributed by atoms with Gasteiger partial charge in [-0.15, -0.1) is 0 Å². The van der Waals surface area contributed by atoms with Crippen LogP contribution in [0.1, 0.15) is 11.1 Å². The van der Waals surface area contributed by atoms with Crippen LogP contribution in [0.2, 0.25) is 5.02 Å². The predicted octanol–water partition coefficient (Wildman–Crippen LogP) is 4.42. The van der Waals surface area contributed by atoms with Gasteiger partial charge in [-0.05, 0) is 42.3 Å². The van der Waals surface area contributed by atoms with Crippen molar-refractivity contribution < 1.29 is 17.9 Å². The van der Waals surface area contributed by atoms with Crippen LogP contribution < -0.4 is 15.6 Å². The molecule has 2 aromatic carbocycles. The average molecular weight is 410 g/mol. The van der Waals surface area contributed by atoms with E-state index in [1.54, 1.807) is 19.1 Å². The Kier molecular flexibility index (Phi) is 5.60. The molecule has 0 aliphatic heterocycles. The van der Waals surface area contributed by atoms with E-state index in [0.717, 1.165) is 30.0 Å². The zero-order valence-electron chi connectivity index (χ0n) is 14.9. The molecule has 146 valence electrons. The molecule has 1 N–H and O–H groups in total. The molecule has 0 aliphatic carbocycles. The average Bonchev–Trinajstić information content (AvgIpc) is 2.61. The number of anilines is 2. The summed E-state index contributed by atoms with van der Waals surface area (Å²) in [5.41, 5.74) is 0.392. The largest absolute Gasteiger partial charge is 0.495 e. The van der Waals surface area contributed by atoms with Gasteiger partial charge in [0.15, 0.2) is 0 Å². The number of nitrogens with one attached hydrogen (secondary N) is 1. The third-order valence-corrected chi connectivity index (χ3v) is 4.27. The fraction of sp³-hybridized carbons (Fsp3) is 0.158. The zero-order valence-corrected chi connectivity index (χ0v) is 15.6. The van der Waals surface area contributed by atoms with Crippen molar-refractivity contribution in [2.24, 2.45) is 0 Å². The van der Waals surface area contributed by atoms with Crippen LogP contribution >= 0.6 is 11.6 Å². The van der Waals surface area contributed by atoms with Crippen LogP contribution in [-0.2, 0) is 6.54 Å². The summed E-state index contributed by atoms with van der Waals surface area (Å²) in [5.74, 6) is -2.18. The molecule has 9 heteroatoms. The van der Waals surface area contributed by atoms with Gasteiger partial charge in [0.1, 0.15) is 17.4 Å². The number of aryl methyl sites for hydroxylation is 1. The summed E-state index contributed by atoms with van der Waals surface area (Å²) in [5, 5.41) is 3.23. The number of benzene rings is 2. The minimum atomic E-state index is -1.09. The van der Waals surface area contributed by atoms with E-state index in [1.807, 2.05) is 0 Å². The lowest BCUT2D eigenvalue weighted by Crippen LogP contribution is -2.20. The van der Waals surface area contributed by atoms with Crippen molar-refractivity contribution in [3.05, 3.63) is 80.5 Å². The fourth-order valence-electron chi connectivity index (χ4n) is 2.65. The SMILES string of the molecule is COc1cc(C)c(Nc2nc(=O)c(F)cn2Cc2cc(F)cc(F)c2)cc1Cl. The van der Waals surface area contributed by atoms with Gasteiger partial charge in [-0.25, -0.2) is 8.78 Å². The molecule has 0 atom stereocenters. The Bertz CT molecular complexity index is 1080. The minimum absolute atomic E-state index is 0.0135. The monoisotopic (exact) mass is 409 g/mol. The van der Waals surface area contributed by atoms with E-state index >= 15 is 0 Å². The predicted molar refractivity (Wildman–Crippen MR) is 99.9 cm³/mol. The van der Waals surface area contributed by atoms with Crippen molar-refractivity contribution in [2.75, 3.05) is 12.4 Å². The first-order valence-electron chi connectivity index (χ1n) is 8.10. The van der Waals surface area contributed by atoms with Gasteiger partial charge in [-0.3, -0.25) is 4.79 Å². The second-order valence-electron chi connectivity index (χ2n) is 6.05. The number of aromatic nitrogens is 2. The van der Waals surface area contributed by atoms with Crippen molar-refractivity contribution in [2.45, 2.75) is 13.5 Å². The maximum Gasteiger partial charge on any atom is 0.310 e. The smallest absolute Gasteiger partial charge is 0.310 e. The molecular weight excluding hydrogens is 395 g/mol. The first kappa shape index (κ1) is 19.8. The first-order valence-corrected chi connectivity index (χ1v) is 8.47. The second kappa shape index (κ2) is 7.93. The van der Waals surface area contributed by atoms with E-state index in [9.17, 15) is 18.0 Å². The van der Waals surface area contributed by atoms with Crippen LogP contribution in [0.4, 0.5) is 24.8 Å². The molecule has 1 aromatic heterocycles. The highest BCUT2D eigenvalue weighted by molar-refractivity contribution is 6.32. The Hall–Kier alpha value is -3.00. The lowest BCUT2D eigenvalue weighted by molar-refractivity contribution is 0.415. The van der Waals surface area contributed by atoms with E-state index in [4.69, 9.17) is 16.3 Å². The molecule has 0 spiro atoms. The topological polar surface area (TPSA) is 56.1 Å². The number of hydrogen-bond donors (Lipinski definition) is 1. The Morgan fingerprint density at radius 3 is 2.46 bits per heavy atom. The number of nitrogens with zero attached hydrogens (tertiary/aromatic N) is 2. The summed E-state index contributed by atoms with van der Waals surface area (Å²) in [4.78, 5) is 15.4. The molecule has 0 amide bonds. The van der Waals surface area contributed by atoms with E-state index < -0.39 is 23.0 Å². The summed E-state index contributed by atoms with van der Waals surface area (Å²) in [6.07, 6.45) is 0.918. The van der Waals surface area contributed by atoms with Crippen LogP contribution in [0.5, 0.6) is 5.75 Å². The van der Waals surface area contributed by atoms with Crippen LogP contribution in [0.25, 0.3) is 0 Å². The third kappa shape index (κ3) is 4.28. The zero-order chi connectivity index (χ0) is 20.4. The highest BCUT2D eigenvalue weighted by Crippen LogP contribution is 2.31. The molecule has 0 radical (unpaired) electrons.